The van der Waals surface area contributed by atoms with Crippen molar-refractivity contribution in [3.63, 3.8) is 0 Å². The van der Waals surface area contributed by atoms with Crippen LogP contribution in [0, 0.1) is 28.6 Å². The fourth-order valence-electron chi connectivity index (χ4n) is 7.70. The number of carbonyl (C=O) groups is 2. The zero-order chi connectivity index (χ0) is 19.4. The molecule has 5 nitrogen and oxygen atoms in total. The van der Waals surface area contributed by atoms with Gasteiger partial charge in [-0.1, -0.05) is 25.5 Å². The van der Waals surface area contributed by atoms with Gasteiger partial charge in [0.05, 0.1) is 6.10 Å². The highest BCUT2D eigenvalue weighted by Gasteiger charge is 2.81. The van der Waals surface area contributed by atoms with Gasteiger partial charge in [-0.15, -0.1) is 0 Å². The van der Waals surface area contributed by atoms with Crippen LogP contribution in [-0.2, 0) is 14.3 Å². The predicted octanol–water partition coefficient (Wildman–Crippen LogP) is 1.96. The van der Waals surface area contributed by atoms with Crippen molar-refractivity contribution in [1.29, 1.82) is 0 Å². The number of aliphatic hydroxyl groups is 2. The van der Waals surface area contributed by atoms with Crippen LogP contribution in [-0.4, -0.2) is 45.7 Å². The van der Waals surface area contributed by atoms with E-state index in [1.807, 2.05) is 19.9 Å². The number of ether oxygens (including phenoxy) is 1. The van der Waals surface area contributed by atoms with E-state index in [0.29, 0.717) is 6.42 Å². The molecule has 1 aliphatic heterocycles. The molecule has 1 spiro atoms. The van der Waals surface area contributed by atoms with Gasteiger partial charge in [-0.3, -0.25) is 9.59 Å². The average molecular weight is 372 g/mol. The van der Waals surface area contributed by atoms with Gasteiger partial charge in [0.2, 0.25) is 0 Å². The number of Topliss-reactive ketones (excluding diaryl/α,β-unsaturated/α-hetero) is 1. The molecule has 5 aliphatic rings. The van der Waals surface area contributed by atoms with Crippen LogP contribution < -0.4 is 0 Å². The molecule has 0 unspecified atom stereocenters. The maximum atomic E-state index is 12.6. The molecule has 0 radical (unpaired) electrons. The molecular weight excluding hydrogens is 344 g/mol. The minimum atomic E-state index is -1.50. The van der Waals surface area contributed by atoms with Gasteiger partial charge in [0.15, 0.2) is 11.6 Å². The molecule has 0 bridgehead atoms. The molecule has 5 heteroatoms. The van der Waals surface area contributed by atoms with Crippen molar-refractivity contribution < 1.29 is 24.5 Å². The molecule has 4 aliphatic carbocycles. The second-order valence-electron chi connectivity index (χ2n) is 9.86. The van der Waals surface area contributed by atoms with Crippen LogP contribution >= 0.6 is 0 Å². The quantitative estimate of drug-likeness (QED) is 0.724. The summed E-state index contributed by atoms with van der Waals surface area (Å²) >= 11 is 0. The van der Waals surface area contributed by atoms with Crippen LogP contribution in [0.4, 0.5) is 0 Å². The number of hydrogen-bond donors (Lipinski definition) is 2. The van der Waals surface area contributed by atoms with Crippen molar-refractivity contribution in [2.24, 2.45) is 28.6 Å². The monoisotopic (exact) mass is 372 g/mol. The molecule has 4 fully saturated rings. The summed E-state index contributed by atoms with van der Waals surface area (Å²) in [5.74, 6) is -0.193. The first-order valence-corrected chi connectivity index (χ1v) is 10.1. The van der Waals surface area contributed by atoms with E-state index in [1.54, 1.807) is 12.2 Å². The van der Waals surface area contributed by atoms with Crippen LogP contribution in [0.2, 0.25) is 0 Å². The zero-order valence-electron chi connectivity index (χ0n) is 16.2. The van der Waals surface area contributed by atoms with E-state index >= 15 is 0 Å². The van der Waals surface area contributed by atoms with Gasteiger partial charge >= 0.3 is 0 Å². The van der Waals surface area contributed by atoms with E-state index in [1.165, 1.54) is 0 Å². The Morgan fingerprint density at radius 3 is 2.78 bits per heavy atom. The minimum Gasteiger partial charge on any atom is -0.388 e. The minimum absolute atomic E-state index is 0.0291. The van der Waals surface area contributed by atoms with Crippen molar-refractivity contribution in [2.45, 2.75) is 63.8 Å². The van der Waals surface area contributed by atoms with Crippen molar-refractivity contribution in [2.75, 3.05) is 6.61 Å². The zero-order valence-corrected chi connectivity index (χ0v) is 16.2. The summed E-state index contributed by atoms with van der Waals surface area (Å²) in [5, 5.41) is 21.0. The summed E-state index contributed by atoms with van der Waals surface area (Å²) in [7, 11) is 0. The van der Waals surface area contributed by atoms with E-state index in [-0.39, 0.29) is 40.7 Å². The number of allylic oxidation sites excluding steroid dienone is 2. The topological polar surface area (TPSA) is 87.1 Å². The van der Waals surface area contributed by atoms with Crippen molar-refractivity contribution in [3.05, 3.63) is 23.8 Å². The highest BCUT2D eigenvalue weighted by atomic mass is 16.6. The van der Waals surface area contributed by atoms with Gasteiger partial charge in [0.25, 0.3) is 0 Å². The molecule has 5 rings (SSSR count). The molecule has 0 aromatic rings. The van der Waals surface area contributed by atoms with Gasteiger partial charge in [-0.25, -0.2) is 0 Å². The Labute approximate surface area is 159 Å². The third kappa shape index (κ3) is 1.73. The highest BCUT2D eigenvalue weighted by molar-refractivity contribution is 6.01. The van der Waals surface area contributed by atoms with E-state index in [9.17, 15) is 19.8 Å². The van der Waals surface area contributed by atoms with E-state index in [0.717, 1.165) is 24.8 Å². The van der Waals surface area contributed by atoms with Crippen LogP contribution in [0.3, 0.4) is 0 Å². The standard InChI is InChI=1S/C22H28O5/c1-12-8-16-15-5-4-13-9-14(24)6-7-19(13,2)22(15)18(27-22)10-20(16,3)21(12,26)17(25)11-23/h6-7,9,12,15-16,18,23,26H,4-5,8,10-11H2,1-3H3/t12-,15+,16-,18+,19-,20-,21+,22-/m1/s1. The molecule has 1 heterocycles. The molecule has 0 amide bonds. The molecule has 0 aromatic carbocycles. The van der Waals surface area contributed by atoms with Crippen LogP contribution in [0.15, 0.2) is 23.8 Å². The lowest BCUT2D eigenvalue weighted by atomic mass is 9.46. The Balaban J connectivity index is 1.60. The number of fused-ring (bicyclic) bond motifs is 3. The first-order valence-electron chi connectivity index (χ1n) is 10.1. The van der Waals surface area contributed by atoms with E-state index in [2.05, 4.69) is 6.92 Å². The third-order valence-electron chi connectivity index (χ3n) is 9.08. The fourth-order valence-corrected chi connectivity index (χ4v) is 7.70. The van der Waals surface area contributed by atoms with E-state index in [4.69, 9.17) is 4.74 Å². The summed E-state index contributed by atoms with van der Waals surface area (Å²) in [6, 6.07) is 0. The Hall–Kier alpha value is -1.30. The van der Waals surface area contributed by atoms with Crippen molar-refractivity contribution in [3.8, 4) is 0 Å². The van der Waals surface area contributed by atoms with Crippen LogP contribution in [0.25, 0.3) is 0 Å². The molecule has 27 heavy (non-hydrogen) atoms. The summed E-state index contributed by atoms with van der Waals surface area (Å²) in [6.07, 6.45) is 8.58. The van der Waals surface area contributed by atoms with Crippen LogP contribution in [0.5, 0.6) is 0 Å². The Kier molecular flexibility index (Phi) is 3.29. The maximum Gasteiger partial charge on any atom is 0.190 e. The highest BCUT2D eigenvalue weighted by Crippen LogP contribution is 2.76. The molecule has 3 saturated carbocycles. The molecular formula is C22H28O5. The normalized spacial score (nSPS) is 55.1. The predicted molar refractivity (Wildman–Crippen MR) is 97.7 cm³/mol. The summed E-state index contributed by atoms with van der Waals surface area (Å²) < 4.78 is 6.43. The molecule has 8 atom stereocenters. The molecule has 146 valence electrons. The van der Waals surface area contributed by atoms with Crippen LogP contribution in [0.1, 0.15) is 46.5 Å². The summed E-state index contributed by atoms with van der Waals surface area (Å²) in [6.45, 7) is 5.51. The average Bonchev–Trinajstić information content (AvgIpc) is 3.31. The largest absolute Gasteiger partial charge is 0.388 e. The van der Waals surface area contributed by atoms with Gasteiger partial charge in [-0.05, 0) is 62.5 Å². The van der Waals surface area contributed by atoms with Crippen molar-refractivity contribution in [1.82, 2.24) is 0 Å². The number of hydrogen-bond acceptors (Lipinski definition) is 5. The molecule has 1 saturated heterocycles. The molecule has 0 aromatic heterocycles. The second-order valence-corrected chi connectivity index (χ2v) is 9.86. The number of ketones is 2. The lowest BCUT2D eigenvalue weighted by Gasteiger charge is -2.55. The van der Waals surface area contributed by atoms with Gasteiger partial charge in [-0.2, -0.15) is 0 Å². The third-order valence-corrected chi connectivity index (χ3v) is 9.08. The van der Waals surface area contributed by atoms with Crippen molar-refractivity contribution >= 4 is 11.6 Å². The number of rotatable bonds is 2. The lowest BCUT2D eigenvalue weighted by molar-refractivity contribution is -0.165. The summed E-state index contributed by atoms with van der Waals surface area (Å²) in [4.78, 5) is 24.5. The van der Waals surface area contributed by atoms with E-state index < -0.39 is 23.4 Å². The lowest BCUT2D eigenvalue weighted by Crippen LogP contribution is -2.62. The second kappa shape index (κ2) is 5.00. The maximum absolute atomic E-state index is 12.6. The number of aliphatic hydroxyl groups excluding tert-OH is 1. The molecule has 2 N–H and O–H groups in total. The van der Waals surface area contributed by atoms with Gasteiger partial charge in [0.1, 0.15) is 17.8 Å². The van der Waals surface area contributed by atoms with Gasteiger partial charge in [0, 0.05) is 10.8 Å². The van der Waals surface area contributed by atoms with Gasteiger partial charge < -0.3 is 14.9 Å². The smallest absolute Gasteiger partial charge is 0.190 e. The Morgan fingerprint density at radius 1 is 1.33 bits per heavy atom. The SMILES string of the molecule is C[C@@H]1C[C@@H]2[C@@H]3CCC4=CC(=O)C=C[C@@]4(C)[C@@]34O[C@H]4C[C@@]2(C)[C@@]1(O)C(=O)CO. The first kappa shape index (κ1) is 17.8. The first-order chi connectivity index (χ1) is 12.6. The Morgan fingerprint density at radius 2 is 2.07 bits per heavy atom. The summed E-state index contributed by atoms with van der Waals surface area (Å²) in [5.41, 5.74) is -1.55. The number of epoxide rings is 1. The number of carbonyl (C=O) groups excluding carboxylic acids is 2. The fraction of sp³-hybridized carbons (Fsp3) is 0.727. The Bertz CT molecular complexity index is 814.